The van der Waals surface area contributed by atoms with Crippen LogP contribution in [0, 0.1) is 0 Å². The van der Waals surface area contributed by atoms with Crippen molar-refractivity contribution in [3.05, 3.63) is 41.7 Å². The van der Waals surface area contributed by atoms with Gasteiger partial charge in [-0.1, -0.05) is 11.6 Å². The van der Waals surface area contributed by atoms with Gasteiger partial charge in [-0.15, -0.1) is 0 Å². The number of hydrogen-bond acceptors (Lipinski definition) is 4. The van der Waals surface area contributed by atoms with E-state index in [4.69, 9.17) is 16.3 Å². The van der Waals surface area contributed by atoms with E-state index in [1.165, 1.54) is 0 Å². The minimum Gasteiger partial charge on any atom is -0.497 e. The summed E-state index contributed by atoms with van der Waals surface area (Å²) < 4.78 is 5.06. The van der Waals surface area contributed by atoms with Crippen molar-refractivity contribution in [3.8, 4) is 5.75 Å². The number of methoxy groups -OCH3 is 1. The average molecular weight is 236 g/mol. The Morgan fingerprint density at radius 2 is 2.00 bits per heavy atom. The van der Waals surface area contributed by atoms with Crippen LogP contribution >= 0.6 is 11.6 Å². The highest BCUT2D eigenvalue weighted by Gasteiger charge is 2.03. The molecule has 1 heterocycles. The molecule has 0 atom stereocenters. The first-order chi connectivity index (χ1) is 7.79. The number of ether oxygens (including phenoxy) is 1. The molecule has 0 amide bonds. The molecule has 0 aliphatic heterocycles. The zero-order valence-corrected chi connectivity index (χ0v) is 9.40. The predicted octanol–water partition coefficient (Wildman–Crippen LogP) is 2.88. The molecule has 82 valence electrons. The Balaban J connectivity index is 2.22. The van der Waals surface area contributed by atoms with Gasteiger partial charge in [0, 0.05) is 18.5 Å². The second-order valence-corrected chi connectivity index (χ2v) is 3.45. The van der Waals surface area contributed by atoms with Crippen molar-refractivity contribution in [1.82, 2.24) is 9.97 Å². The van der Waals surface area contributed by atoms with Gasteiger partial charge in [-0.3, -0.25) is 0 Å². The summed E-state index contributed by atoms with van der Waals surface area (Å²) in [4.78, 5) is 8.09. The fourth-order valence-electron chi connectivity index (χ4n) is 1.21. The molecule has 2 aromatic rings. The van der Waals surface area contributed by atoms with E-state index >= 15 is 0 Å². The Hall–Kier alpha value is -1.81. The lowest BCUT2D eigenvalue weighted by molar-refractivity contribution is 0.415. The van der Waals surface area contributed by atoms with Crippen molar-refractivity contribution in [1.29, 1.82) is 0 Å². The summed E-state index contributed by atoms with van der Waals surface area (Å²) in [6.45, 7) is 0. The smallest absolute Gasteiger partial charge is 0.227 e. The highest BCUT2D eigenvalue weighted by molar-refractivity contribution is 6.33. The van der Waals surface area contributed by atoms with E-state index in [0.717, 1.165) is 5.69 Å². The van der Waals surface area contributed by atoms with Gasteiger partial charge in [0.25, 0.3) is 0 Å². The lowest BCUT2D eigenvalue weighted by Gasteiger charge is -2.07. The molecule has 0 bridgehead atoms. The lowest BCUT2D eigenvalue weighted by atomic mass is 10.3. The van der Waals surface area contributed by atoms with Crippen LogP contribution in [0.5, 0.6) is 5.75 Å². The van der Waals surface area contributed by atoms with E-state index < -0.39 is 0 Å². The maximum Gasteiger partial charge on any atom is 0.227 e. The number of halogens is 1. The molecule has 0 spiro atoms. The molecule has 0 unspecified atom stereocenters. The van der Waals surface area contributed by atoms with Crippen LogP contribution in [0.3, 0.4) is 0 Å². The summed E-state index contributed by atoms with van der Waals surface area (Å²) >= 11 is 6.06. The standard InChI is InChI=1S/C11H10ClN3O/c1-16-8-3-4-10(9(12)7-8)15-11-13-5-2-6-14-11/h2-7H,1H3,(H,13,14,15). The molecular weight excluding hydrogens is 226 g/mol. The molecule has 16 heavy (non-hydrogen) atoms. The number of anilines is 2. The molecule has 1 N–H and O–H groups in total. The quantitative estimate of drug-likeness (QED) is 0.889. The SMILES string of the molecule is COc1ccc(Nc2ncccn2)c(Cl)c1. The normalized spacial score (nSPS) is 9.88. The van der Waals surface area contributed by atoms with E-state index in [2.05, 4.69) is 15.3 Å². The summed E-state index contributed by atoms with van der Waals surface area (Å²) in [7, 11) is 1.60. The van der Waals surface area contributed by atoms with Gasteiger partial charge in [0.1, 0.15) is 5.75 Å². The Kier molecular flexibility index (Phi) is 3.22. The molecule has 0 fully saturated rings. The van der Waals surface area contributed by atoms with Gasteiger partial charge < -0.3 is 10.1 Å². The number of rotatable bonds is 3. The molecule has 0 saturated heterocycles. The maximum absolute atomic E-state index is 6.06. The fraction of sp³-hybridized carbons (Fsp3) is 0.0909. The number of hydrogen-bond donors (Lipinski definition) is 1. The second kappa shape index (κ2) is 4.81. The van der Waals surface area contributed by atoms with E-state index in [1.807, 2.05) is 12.1 Å². The summed E-state index contributed by atoms with van der Waals surface area (Å²) in [6, 6.07) is 7.11. The molecule has 0 saturated carbocycles. The van der Waals surface area contributed by atoms with Gasteiger partial charge >= 0.3 is 0 Å². The molecule has 1 aromatic carbocycles. The van der Waals surface area contributed by atoms with E-state index in [0.29, 0.717) is 16.7 Å². The lowest BCUT2D eigenvalue weighted by Crippen LogP contribution is -1.96. The van der Waals surface area contributed by atoms with Crippen LogP contribution in [-0.2, 0) is 0 Å². The minimum atomic E-state index is 0.509. The molecular formula is C11H10ClN3O. The zero-order valence-electron chi connectivity index (χ0n) is 8.64. The number of aromatic nitrogens is 2. The van der Waals surface area contributed by atoms with Gasteiger partial charge in [0.15, 0.2) is 0 Å². The number of nitrogens with one attached hydrogen (secondary N) is 1. The van der Waals surface area contributed by atoms with Crippen LogP contribution in [0.15, 0.2) is 36.7 Å². The van der Waals surface area contributed by atoms with Crippen LogP contribution in [0.25, 0.3) is 0 Å². The molecule has 0 aliphatic rings. The van der Waals surface area contributed by atoms with Crippen molar-refractivity contribution in [2.45, 2.75) is 0 Å². The zero-order chi connectivity index (χ0) is 11.4. The Morgan fingerprint density at radius 3 is 2.62 bits per heavy atom. The topological polar surface area (TPSA) is 47.0 Å². The number of nitrogens with zero attached hydrogens (tertiary/aromatic N) is 2. The van der Waals surface area contributed by atoms with E-state index in [-0.39, 0.29) is 0 Å². The van der Waals surface area contributed by atoms with Crippen LogP contribution in [0.1, 0.15) is 0 Å². The first-order valence-corrected chi connectivity index (χ1v) is 5.05. The minimum absolute atomic E-state index is 0.509. The Labute approximate surface area is 98.3 Å². The van der Waals surface area contributed by atoms with E-state index in [9.17, 15) is 0 Å². The molecule has 5 heteroatoms. The van der Waals surface area contributed by atoms with Gasteiger partial charge in [-0.05, 0) is 18.2 Å². The van der Waals surface area contributed by atoms with Crippen LogP contribution in [-0.4, -0.2) is 17.1 Å². The monoisotopic (exact) mass is 235 g/mol. The van der Waals surface area contributed by atoms with Gasteiger partial charge in [-0.2, -0.15) is 0 Å². The average Bonchev–Trinajstić information content (AvgIpc) is 2.33. The third kappa shape index (κ3) is 2.41. The van der Waals surface area contributed by atoms with Crippen molar-refractivity contribution in [2.75, 3.05) is 12.4 Å². The summed E-state index contributed by atoms with van der Waals surface area (Å²) in [5, 5.41) is 3.58. The molecule has 1 aromatic heterocycles. The van der Waals surface area contributed by atoms with Gasteiger partial charge in [0.05, 0.1) is 17.8 Å². The van der Waals surface area contributed by atoms with Gasteiger partial charge in [-0.25, -0.2) is 9.97 Å². The summed E-state index contributed by atoms with van der Waals surface area (Å²) in [5.74, 6) is 1.22. The Morgan fingerprint density at radius 1 is 1.25 bits per heavy atom. The third-order valence-electron chi connectivity index (χ3n) is 1.99. The first-order valence-electron chi connectivity index (χ1n) is 4.67. The fourth-order valence-corrected chi connectivity index (χ4v) is 1.43. The van der Waals surface area contributed by atoms with E-state index in [1.54, 1.807) is 31.6 Å². The van der Waals surface area contributed by atoms with Crippen molar-refractivity contribution < 1.29 is 4.74 Å². The van der Waals surface area contributed by atoms with Crippen LogP contribution in [0.4, 0.5) is 11.6 Å². The van der Waals surface area contributed by atoms with Gasteiger partial charge in [0.2, 0.25) is 5.95 Å². The van der Waals surface area contributed by atoms with Crippen LogP contribution in [0.2, 0.25) is 5.02 Å². The van der Waals surface area contributed by atoms with Crippen molar-refractivity contribution in [3.63, 3.8) is 0 Å². The first kappa shape index (κ1) is 10.7. The number of benzene rings is 1. The van der Waals surface area contributed by atoms with Crippen LogP contribution < -0.4 is 10.1 Å². The van der Waals surface area contributed by atoms with Crippen molar-refractivity contribution >= 4 is 23.2 Å². The molecule has 4 nitrogen and oxygen atoms in total. The second-order valence-electron chi connectivity index (χ2n) is 3.04. The van der Waals surface area contributed by atoms with Crippen molar-refractivity contribution in [2.24, 2.45) is 0 Å². The Bertz CT molecular complexity index is 476. The summed E-state index contributed by atoms with van der Waals surface area (Å²) in [5.41, 5.74) is 0.744. The maximum atomic E-state index is 6.06. The highest BCUT2D eigenvalue weighted by atomic mass is 35.5. The molecule has 0 radical (unpaired) electrons. The molecule has 2 rings (SSSR count). The highest BCUT2D eigenvalue weighted by Crippen LogP contribution is 2.27. The largest absolute Gasteiger partial charge is 0.497 e. The molecule has 0 aliphatic carbocycles. The predicted molar refractivity (Wildman–Crippen MR) is 63.3 cm³/mol. The third-order valence-corrected chi connectivity index (χ3v) is 2.30. The summed E-state index contributed by atoms with van der Waals surface area (Å²) in [6.07, 6.45) is 3.32.